The number of aliphatic hydroxyl groups excluding tert-OH is 1. The van der Waals surface area contributed by atoms with E-state index in [-0.39, 0.29) is 18.4 Å². The van der Waals surface area contributed by atoms with Crippen LogP contribution in [0, 0.1) is 5.92 Å². The summed E-state index contributed by atoms with van der Waals surface area (Å²) in [5, 5.41) is 9.78. The van der Waals surface area contributed by atoms with Crippen LogP contribution in [-0.4, -0.2) is 41.7 Å². The van der Waals surface area contributed by atoms with Crippen molar-refractivity contribution in [3.8, 4) is 5.75 Å². The second-order valence-electron chi connectivity index (χ2n) is 5.18. The predicted octanol–water partition coefficient (Wildman–Crippen LogP) is 1.48. The summed E-state index contributed by atoms with van der Waals surface area (Å²) >= 11 is 5.94. The Morgan fingerprint density at radius 2 is 2.37 bits per heavy atom. The molecule has 19 heavy (non-hydrogen) atoms. The molecule has 0 bridgehead atoms. The fourth-order valence-electron chi connectivity index (χ4n) is 2.74. The Labute approximate surface area is 116 Å². The molecular weight excluding hydrogens is 266 g/mol. The van der Waals surface area contributed by atoms with Crippen LogP contribution in [0.1, 0.15) is 12.0 Å². The Morgan fingerprint density at radius 1 is 1.53 bits per heavy atom. The van der Waals surface area contributed by atoms with Gasteiger partial charge in [0.1, 0.15) is 5.75 Å². The minimum absolute atomic E-state index is 0.0169. The Bertz CT molecular complexity index is 505. The molecule has 0 saturated carbocycles. The Balaban J connectivity index is 1.68. The van der Waals surface area contributed by atoms with Crippen LogP contribution in [0.25, 0.3) is 0 Å². The summed E-state index contributed by atoms with van der Waals surface area (Å²) in [4.78, 5) is 14.1. The van der Waals surface area contributed by atoms with E-state index in [1.165, 1.54) is 0 Å². The first-order chi connectivity index (χ1) is 9.17. The Kier molecular flexibility index (Phi) is 3.37. The molecule has 1 N–H and O–H groups in total. The van der Waals surface area contributed by atoms with Gasteiger partial charge in [0, 0.05) is 37.1 Å². The van der Waals surface area contributed by atoms with Gasteiger partial charge < -0.3 is 14.7 Å². The van der Waals surface area contributed by atoms with Crippen molar-refractivity contribution >= 4 is 17.5 Å². The Morgan fingerprint density at radius 3 is 3.11 bits per heavy atom. The number of benzene rings is 1. The molecule has 1 aromatic carbocycles. The fraction of sp³-hybridized carbons (Fsp3) is 0.500. The molecule has 2 unspecified atom stereocenters. The molecule has 2 atom stereocenters. The number of halogens is 1. The molecule has 1 aromatic rings. The average Bonchev–Trinajstić information content (AvgIpc) is 3.03. The zero-order valence-electron chi connectivity index (χ0n) is 10.5. The summed E-state index contributed by atoms with van der Waals surface area (Å²) in [7, 11) is 0. The average molecular weight is 282 g/mol. The quantitative estimate of drug-likeness (QED) is 0.893. The number of carbonyl (C=O) groups is 1. The third-order valence-electron chi connectivity index (χ3n) is 3.83. The smallest absolute Gasteiger partial charge is 0.264 e. The van der Waals surface area contributed by atoms with E-state index in [9.17, 15) is 4.79 Å². The number of likely N-dealkylation sites (tertiary alicyclic amines) is 1. The lowest BCUT2D eigenvalue weighted by Gasteiger charge is -2.20. The summed E-state index contributed by atoms with van der Waals surface area (Å²) in [6, 6.07) is 5.43. The minimum atomic E-state index is -0.439. The molecule has 1 amide bonds. The molecule has 1 fully saturated rings. The summed E-state index contributed by atoms with van der Waals surface area (Å²) in [5.41, 5.74) is 0.990. The Hall–Kier alpha value is -1.26. The van der Waals surface area contributed by atoms with Gasteiger partial charge in [-0.15, -0.1) is 0 Å². The van der Waals surface area contributed by atoms with Crippen LogP contribution in [0.3, 0.4) is 0 Å². The molecule has 3 rings (SSSR count). The lowest BCUT2D eigenvalue weighted by molar-refractivity contribution is -0.137. The molecule has 0 aliphatic carbocycles. The zero-order chi connectivity index (χ0) is 13.4. The van der Waals surface area contributed by atoms with Crippen LogP contribution in [-0.2, 0) is 11.2 Å². The molecule has 102 valence electrons. The molecule has 2 aliphatic heterocycles. The second-order valence-corrected chi connectivity index (χ2v) is 5.62. The van der Waals surface area contributed by atoms with Crippen molar-refractivity contribution in [3.63, 3.8) is 0 Å². The summed E-state index contributed by atoms with van der Waals surface area (Å²) < 4.78 is 5.69. The number of hydrogen-bond donors (Lipinski definition) is 1. The number of fused-ring (bicyclic) bond motifs is 1. The molecule has 0 spiro atoms. The van der Waals surface area contributed by atoms with Gasteiger partial charge in [-0.2, -0.15) is 0 Å². The highest BCUT2D eigenvalue weighted by atomic mass is 35.5. The third-order valence-corrected chi connectivity index (χ3v) is 4.06. The van der Waals surface area contributed by atoms with Crippen LogP contribution in [0.4, 0.5) is 0 Å². The maximum Gasteiger partial charge on any atom is 0.264 e. The fourth-order valence-corrected chi connectivity index (χ4v) is 2.94. The van der Waals surface area contributed by atoms with E-state index in [0.29, 0.717) is 24.5 Å². The van der Waals surface area contributed by atoms with Gasteiger partial charge in [0.2, 0.25) is 0 Å². The van der Waals surface area contributed by atoms with Gasteiger partial charge in [-0.1, -0.05) is 11.6 Å². The van der Waals surface area contributed by atoms with Crippen molar-refractivity contribution in [1.82, 2.24) is 4.90 Å². The van der Waals surface area contributed by atoms with Crippen LogP contribution < -0.4 is 4.74 Å². The van der Waals surface area contributed by atoms with Crippen LogP contribution in [0.5, 0.6) is 5.75 Å². The SMILES string of the molecule is O=C(C1Cc2cc(Cl)ccc2O1)N1CCC(CO)C1. The molecular formula is C14H16ClNO3. The van der Waals surface area contributed by atoms with Crippen molar-refractivity contribution < 1.29 is 14.6 Å². The van der Waals surface area contributed by atoms with Gasteiger partial charge in [-0.3, -0.25) is 4.79 Å². The highest BCUT2D eigenvalue weighted by Gasteiger charge is 2.35. The number of amides is 1. The van der Waals surface area contributed by atoms with Crippen molar-refractivity contribution in [2.75, 3.05) is 19.7 Å². The van der Waals surface area contributed by atoms with Gasteiger partial charge in [-0.05, 0) is 30.2 Å². The number of rotatable bonds is 2. The van der Waals surface area contributed by atoms with E-state index >= 15 is 0 Å². The van der Waals surface area contributed by atoms with Gasteiger partial charge in [0.15, 0.2) is 6.10 Å². The highest BCUT2D eigenvalue weighted by Crippen LogP contribution is 2.32. The molecule has 4 nitrogen and oxygen atoms in total. The second kappa shape index (κ2) is 5.02. The first-order valence-electron chi connectivity index (χ1n) is 6.52. The topological polar surface area (TPSA) is 49.8 Å². The molecule has 0 aromatic heterocycles. The maximum absolute atomic E-state index is 12.3. The van der Waals surface area contributed by atoms with E-state index in [4.69, 9.17) is 21.4 Å². The largest absolute Gasteiger partial charge is 0.480 e. The van der Waals surface area contributed by atoms with Gasteiger partial charge in [0.25, 0.3) is 5.91 Å². The molecule has 1 saturated heterocycles. The standard InChI is InChI=1S/C14H16ClNO3/c15-11-1-2-12-10(5-11)6-13(19-12)14(18)16-4-3-9(7-16)8-17/h1-2,5,9,13,17H,3-4,6-8H2. The first kappa shape index (κ1) is 12.8. The number of hydrogen-bond acceptors (Lipinski definition) is 3. The monoisotopic (exact) mass is 281 g/mol. The van der Waals surface area contributed by atoms with E-state index in [1.807, 2.05) is 12.1 Å². The van der Waals surface area contributed by atoms with Gasteiger partial charge >= 0.3 is 0 Å². The zero-order valence-corrected chi connectivity index (χ0v) is 11.3. The summed E-state index contributed by atoms with van der Waals surface area (Å²) in [6.07, 6.45) is 1.01. The van der Waals surface area contributed by atoms with E-state index < -0.39 is 6.10 Å². The summed E-state index contributed by atoms with van der Waals surface area (Å²) in [5.74, 6) is 0.978. The number of aliphatic hydroxyl groups is 1. The van der Waals surface area contributed by atoms with E-state index in [0.717, 1.165) is 17.7 Å². The van der Waals surface area contributed by atoms with Crippen molar-refractivity contribution in [2.24, 2.45) is 5.92 Å². The van der Waals surface area contributed by atoms with Gasteiger partial charge in [-0.25, -0.2) is 0 Å². The van der Waals surface area contributed by atoms with Crippen LogP contribution in [0.15, 0.2) is 18.2 Å². The van der Waals surface area contributed by atoms with Gasteiger partial charge in [0.05, 0.1) is 0 Å². The van der Waals surface area contributed by atoms with E-state index in [2.05, 4.69) is 0 Å². The summed E-state index contributed by atoms with van der Waals surface area (Å²) in [6.45, 7) is 1.48. The van der Waals surface area contributed by atoms with E-state index in [1.54, 1.807) is 11.0 Å². The molecule has 2 aliphatic rings. The number of nitrogens with zero attached hydrogens (tertiary/aromatic N) is 1. The first-order valence-corrected chi connectivity index (χ1v) is 6.90. The maximum atomic E-state index is 12.3. The lowest BCUT2D eigenvalue weighted by atomic mass is 10.1. The normalized spacial score (nSPS) is 25.3. The molecule has 0 radical (unpaired) electrons. The predicted molar refractivity (Wildman–Crippen MR) is 71.3 cm³/mol. The number of ether oxygens (including phenoxy) is 1. The van der Waals surface area contributed by atoms with Crippen molar-refractivity contribution in [3.05, 3.63) is 28.8 Å². The minimum Gasteiger partial charge on any atom is -0.480 e. The van der Waals surface area contributed by atoms with Crippen LogP contribution in [0.2, 0.25) is 5.02 Å². The lowest BCUT2D eigenvalue weighted by Crippen LogP contribution is -2.40. The van der Waals surface area contributed by atoms with Crippen LogP contribution >= 0.6 is 11.6 Å². The number of carbonyl (C=O) groups excluding carboxylic acids is 1. The highest BCUT2D eigenvalue weighted by molar-refractivity contribution is 6.30. The molecule has 2 heterocycles. The van der Waals surface area contributed by atoms with Crippen molar-refractivity contribution in [1.29, 1.82) is 0 Å². The third kappa shape index (κ3) is 2.42. The van der Waals surface area contributed by atoms with Crippen molar-refractivity contribution in [2.45, 2.75) is 18.9 Å². The molecule has 5 heteroatoms.